The summed E-state index contributed by atoms with van der Waals surface area (Å²) in [7, 11) is 0. The Hall–Kier alpha value is -1.35. The normalized spacial score (nSPS) is 9.42. The van der Waals surface area contributed by atoms with Crippen molar-refractivity contribution in [3.63, 3.8) is 0 Å². The number of ether oxygens (including phenoxy) is 1. The van der Waals surface area contributed by atoms with Gasteiger partial charge in [-0.1, -0.05) is 12.1 Å². The van der Waals surface area contributed by atoms with Gasteiger partial charge in [-0.05, 0) is 17.7 Å². The van der Waals surface area contributed by atoms with E-state index in [1.54, 1.807) is 18.4 Å². The minimum absolute atomic E-state index is 0.0258. The first-order valence-electron chi connectivity index (χ1n) is 3.63. The summed E-state index contributed by atoms with van der Waals surface area (Å²) in [4.78, 5) is 9.83. The molecule has 1 radical (unpaired) electrons. The average molecular weight is 164 g/mol. The number of nitrogens with two attached hydrogens (primary N) is 1. The topological polar surface area (TPSA) is 52.3 Å². The molecule has 1 rings (SSSR count). The Morgan fingerprint density at radius 3 is 2.50 bits per heavy atom. The van der Waals surface area contributed by atoms with Crippen LogP contribution in [0.15, 0.2) is 24.3 Å². The van der Waals surface area contributed by atoms with Crippen LogP contribution in [0.4, 0.5) is 0 Å². The molecule has 1 aromatic rings. The summed E-state index contributed by atoms with van der Waals surface area (Å²) in [6.07, 6.45) is 1.65. The summed E-state index contributed by atoms with van der Waals surface area (Å²) < 4.78 is 4.99. The van der Waals surface area contributed by atoms with Gasteiger partial charge in [0.1, 0.15) is 5.75 Å². The zero-order valence-corrected chi connectivity index (χ0v) is 6.62. The summed E-state index contributed by atoms with van der Waals surface area (Å²) in [5.74, 6) is 0.663. The van der Waals surface area contributed by atoms with Crippen molar-refractivity contribution in [3.05, 3.63) is 29.8 Å². The van der Waals surface area contributed by atoms with Crippen LogP contribution in [0.25, 0.3) is 0 Å². The van der Waals surface area contributed by atoms with Gasteiger partial charge in [-0.2, -0.15) is 0 Å². The molecule has 3 nitrogen and oxygen atoms in total. The minimum atomic E-state index is -0.0258. The Bertz CT molecular complexity index is 243. The maximum absolute atomic E-state index is 9.83. The first kappa shape index (κ1) is 8.74. The van der Waals surface area contributed by atoms with Crippen molar-refractivity contribution in [2.45, 2.75) is 6.54 Å². The van der Waals surface area contributed by atoms with Gasteiger partial charge >= 0.3 is 0 Å². The zero-order chi connectivity index (χ0) is 8.81. The molecule has 0 aliphatic rings. The molecular formula is C9H10NO2. The quantitative estimate of drug-likeness (QED) is 0.710. The monoisotopic (exact) mass is 164 g/mol. The standard InChI is InChI=1S/C9H10NO2/c10-7-8-1-3-9(4-2-8)12-6-5-11/h1-4H,6-7,10H2. The summed E-state index contributed by atoms with van der Waals surface area (Å²) in [6.45, 7) is 0.488. The number of carbonyl (C=O) groups excluding carboxylic acids is 1. The molecular weight excluding hydrogens is 154 g/mol. The van der Waals surface area contributed by atoms with Gasteiger partial charge in [-0.3, -0.25) is 4.79 Å². The first-order chi connectivity index (χ1) is 5.86. The Labute approximate surface area is 71.1 Å². The molecule has 0 saturated carbocycles. The molecule has 0 heterocycles. The van der Waals surface area contributed by atoms with Gasteiger partial charge in [0.2, 0.25) is 6.29 Å². The molecule has 0 bridgehead atoms. The molecule has 0 fully saturated rings. The second kappa shape index (κ2) is 4.51. The van der Waals surface area contributed by atoms with Crippen LogP contribution >= 0.6 is 0 Å². The SMILES string of the molecule is NCc1ccc(OC[C]=O)cc1. The number of rotatable bonds is 4. The van der Waals surface area contributed by atoms with Crippen molar-refractivity contribution in [1.82, 2.24) is 0 Å². The fourth-order valence-corrected chi connectivity index (χ4v) is 0.835. The Morgan fingerprint density at radius 2 is 2.00 bits per heavy atom. The van der Waals surface area contributed by atoms with E-state index >= 15 is 0 Å². The predicted octanol–water partition coefficient (Wildman–Crippen LogP) is 0.634. The largest absolute Gasteiger partial charge is 0.485 e. The third-order valence-electron chi connectivity index (χ3n) is 1.46. The van der Waals surface area contributed by atoms with Gasteiger partial charge in [0.05, 0.1) is 0 Å². The van der Waals surface area contributed by atoms with Gasteiger partial charge in [0.15, 0.2) is 6.61 Å². The van der Waals surface area contributed by atoms with Gasteiger partial charge < -0.3 is 10.5 Å². The number of benzene rings is 1. The second-order valence-corrected chi connectivity index (χ2v) is 2.28. The van der Waals surface area contributed by atoms with E-state index in [0.29, 0.717) is 12.3 Å². The van der Waals surface area contributed by atoms with E-state index in [4.69, 9.17) is 10.5 Å². The number of hydrogen-bond donors (Lipinski definition) is 1. The lowest BCUT2D eigenvalue weighted by atomic mass is 10.2. The Kier molecular flexibility index (Phi) is 3.29. The highest BCUT2D eigenvalue weighted by molar-refractivity contribution is 5.52. The Morgan fingerprint density at radius 1 is 1.33 bits per heavy atom. The van der Waals surface area contributed by atoms with Crippen LogP contribution in [0.2, 0.25) is 0 Å². The molecule has 0 aliphatic heterocycles. The van der Waals surface area contributed by atoms with Crippen molar-refractivity contribution in [3.8, 4) is 5.75 Å². The van der Waals surface area contributed by atoms with Gasteiger partial charge in [-0.25, -0.2) is 0 Å². The van der Waals surface area contributed by atoms with Crippen LogP contribution in [0.1, 0.15) is 5.56 Å². The molecule has 12 heavy (non-hydrogen) atoms. The van der Waals surface area contributed by atoms with E-state index in [1.807, 2.05) is 12.1 Å². The summed E-state index contributed by atoms with van der Waals surface area (Å²) in [5.41, 5.74) is 6.44. The fraction of sp³-hybridized carbons (Fsp3) is 0.222. The fourth-order valence-electron chi connectivity index (χ4n) is 0.835. The molecule has 0 saturated heterocycles. The third-order valence-corrected chi connectivity index (χ3v) is 1.46. The molecule has 2 N–H and O–H groups in total. The highest BCUT2D eigenvalue weighted by atomic mass is 16.5. The van der Waals surface area contributed by atoms with Gasteiger partial charge in [0.25, 0.3) is 0 Å². The highest BCUT2D eigenvalue weighted by Crippen LogP contribution is 2.10. The molecule has 0 unspecified atom stereocenters. The first-order valence-corrected chi connectivity index (χ1v) is 3.63. The van der Waals surface area contributed by atoms with Crippen LogP contribution in [-0.2, 0) is 11.3 Å². The molecule has 63 valence electrons. The summed E-state index contributed by atoms with van der Waals surface area (Å²) in [6, 6.07) is 7.28. The molecule has 1 aromatic carbocycles. The molecule has 3 heteroatoms. The molecule has 0 amide bonds. The lowest BCUT2D eigenvalue weighted by molar-refractivity contribution is 0.365. The van der Waals surface area contributed by atoms with E-state index in [0.717, 1.165) is 5.56 Å². The van der Waals surface area contributed by atoms with Crippen molar-refractivity contribution in [2.24, 2.45) is 5.73 Å². The van der Waals surface area contributed by atoms with Crippen LogP contribution in [0, 0.1) is 0 Å². The second-order valence-electron chi connectivity index (χ2n) is 2.28. The highest BCUT2D eigenvalue weighted by Gasteiger charge is 1.92. The van der Waals surface area contributed by atoms with Crippen molar-refractivity contribution < 1.29 is 9.53 Å². The molecule has 0 atom stereocenters. The zero-order valence-electron chi connectivity index (χ0n) is 6.62. The maximum atomic E-state index is 9.83. The van der Waals surface area contributed by atoms with E-state index in [-0.39, 0.29) is 6.61 Å². The van der Waals surface area contributed by atoms with E-state index < -0.39 is 0 Å². The minimum Gasteiger partial charge on any atom is -0.485 e. The smallest absolute Gasteiger partial charge is 0.239 e. The predicted molar refractivity (Wildman–Crippen MR) is 45.5 cm³/mol. The maximum Gasteiger partial charge on any atom is 0.239 e. The molecule has 0 aromatic heterocycles. The lowest BCUT2D eigenvalue weighted by Crippen LogP contribution is -1.99. The van der Waals surface area contributed by atoms with Gasteiger partial charge in [-0.15, -0.1) is 0 Å². The molecule has 0 spiro atoms. The van der Waals surface area contributed by atoms with E-state index in [2.05, 4.69) is 0 Å². The van der Waals surface area contributed by atoms with E-state index in [1.165, 1.54) is 0 Å². The Balaban J connectivity index is 2.58. The average Bonchev–Trinajstić information content (AvgIpc) is 2.15. The number of hydrogen-bond acceptors (Lipinski definition) is 3. The van der Waals surface area contributed by atoms with Gasteiger partial charge in [0, 0.05) is 6.54 Å². The van der Waals surface area contributed by atoms with Crippen molar-refractivity contribution >= 4 is 6.29 Å². The van der Waals surface area contributed by atoms with Crippen LogP contribution in [0.3, 0.4) is 0 Å². The summed E-state index contributed by atoms with van der Waals surface area (Å²) >= 11 is 0. The lowest BCUT2D eigenvalue weighted by Gasteiger charge is -2.01. The molecule has 0 aliphatic carbocycles. The van der Waals surface area contributed by atoms with E-state index in [9.17, 15) is 4.79 Å². The van der Waals surface area contributed by atoms with Crippen LogP contribution < -0.4 is 10.5 Å². The van der Waals surface area contributed by atoms with Crippen molar-refractivity contribution in [1.29, 1.82) is 0 Å². The van der Waals surface area contributed by atoms with Crippen molar-refractivity contribution in [2.75, 3.05) is 6.61 Å². The van der Waals surface area contributed by atoms with Crippen LogP contribution in [0.5, 0.6) is 5.75 Å². The van der Waals surface area contributed by atoms with Crippen LogP contribution in [-0.4, -0.2) is 12.9 Å². The third kappa shape index (κ3) is 2.36. The summed E-state index contributed by atoms with van der Waals surface area (Å²) in [5, 5.41) is 0.